The summed E-state index contributed by atoms with van der Waals surface area (Å²) in [6.07, 6.45) is 2.44. The van der Waals surface area contributed by atoms with Crippen LogP contribution in [0.2, 0.25) is 0 Å². The average Bonchev–Trinajstić information content (AvgIpc) is 2.71. The third-order valence-electron chi connectivity index (χ3n) is 2.15. The second-order valence-electron chi connectivity index (χ2n) is 3.51. The van der Waals surface area contributed by atoms with Gasteiger partial charge in [-0.3, -0.25) is 14.8 Å². The third-order valence-corrected chi connectivity index (χ3v) is 2.15. The summed E-state index contributed by atoms with van der Waals surface area (Å²) in [6.45, 7) is 0. The minimum atomic E-state index is -1.30. The van der Waals surface area contributed by atoms with E-state index in [0.29, 0.717) is 0 Å². The van der Waals surface area contributed by atoms with Crippen molar-refractivity contribution in [1.82, 2.24) is 14.8 Å². The summed E-state index contributed by atoms with van der Waals surface area (Å²) in [7, 11) is 1.49. The summed E-state index contributed by atoms with van der Waals surface area (Å²) in [5.41, 5.74) is -0.704. The van der Waals surface area contributed by atoms with E-state index in [1.807, 2.05) is 0 Å². The van der Waals surface area contributed by atoms with Gasteiger partial charge in [0.15, 0.2) is 11.4 Å². The molecular weight excluding hydrogens is 256 g/mol. The Labute approximate surface area is 106 Å². The molecule has 9 nitrogen and oxygen atoms in total. The van der Waals surface area contributed by atoms with Crippen LogP contribution >= 0.6 is 0 Å². The molecule has 0 spiro atoms. The normalized spacial score (nSPS) is 10.2. The van der Waals surface area contributed by atoms with Crippen molar-refractivity contribution in [1.29, 1.82) is 0 Å². The molecule has 0 saturated carbocycles. The Balaban J connectivity index is 2.42. The van der Waals surface area contributed by atoms with Gasteiger partial charge in [-0.1, -0.05) is 0 Å². The molecule has 0 atom stereocenters. The Morgan fingerprint density at radius 3 is 2.95 bits per heavy atom. The highest BCUT2D eigenvalue weighted by Crippen LogP contribution is 2.30. The molecule has 9 heteroatoms. The molecule has 2 aromatic rings. The molecule has 2 rings (SSSR count). The molecule has 19 heavy (non-hydrogen) atoms. The van der Waals surface area contributed by atoms with Gasteiger partial charge in [0.25, 0.3) is 0 Å². The maximum absolute atomic E-state index is 10.9. The van der Waals surface area contributed by atoms with Crippen molar-refractivity contribution in [3.05, 3.63) is 40.3 Å². The fraction of sp³-hybridized carbons (Fsp3) is 0.100. The molecule has 1 N–H and O–H groups in total. The smallest absolute Gasteiger partial charge is 0.358 e. The zero-order chi connectivity index (χ0) is 14.0. The largest absolute Gasteiger partial charge is 0.476 e. The molecule has 98 valence electrons. The van der Waals surface area contributed by atoms with Crippen LogP contribution in [-0.2, 0) is 7.05 Å². The number of aromatic carboxylic acids is 1. The van der Waals surface area contributed by atoms with Crippen LogP contribution < -0.4 is 4.74 Å². The lowest BCUT2D eigenvalue weighted by molar-refractivity contribution is -0.385. The van der Waals surface area contributed by atoms with Crippen molar-refractivity contribution < 1.29 is 19.6 Å². The fourth-order valence-corrected chi connectivity index (χ4v) is 1.39. The monoisotopic (exact) mass is 264 g/mol. The van der Waals surface area contributed by atoms with Crippen LogP contribution in [0.3, 0.4) is 0 Å². The lowest BCUT2D eigenvalue weighted by Crippen LogP contribution is -2.03. The molecule has 0 saturated heterocycles. The molecule has 0 fully saturated rings. The van der Waals surface area contributed by atoms with Crippen molar-refractivity contribution in [2.75, 3.05) is 0 Å². The Hall–Kier alpha value is -2.97. The molecule has 0 aliphatic rings. The van der Waals surface area contributed by atoms with Gasteiger partial charge in [0.2, 0.25) is 0 Å². The molecule has 0 radical (unpaired) electrons. The lowest BCUT2D eigenvalue weighted by atomic mass is 10.3. The Kier molecular flexibility index (Phi) is 3.10. The number of aromatic nitrogens is 3. The second-order valence-corrected chi connectivity index (χ2v) is 3.51. The third kappa shape index (κ3) is 2.49. The molecule has 2 aromatic heterocycles. The second kappa shape index (κ2) is 4.72. The van der Waals surface area contributed by atoms with Crippen molar-refractivity contribution in [3.8, 4) is 11.6 Å². The van der Waals surface area contributed by atoms with Gasteiger partial charge in [-0.25, -0.2) is 9.78 Å². The number of carboxylic acids is 1. The number of rotatable bonds is 4. The number of ether oxygens (including phenoxy) is 1. The predicted octanol–water partition coefficient (Wildman–Crippen LogP) is 1.21. The van der Waals surface area contributed by atoms with Crippen molar-refractivity contribution >= 4 is 11.7 Å². The number of hydrogen-bond acceptors (Lipinski definition) is 6. The summed E-state index contributed by atoms with van der Waals surface area (Å²) >= 11 is 0. The van der Waals surface area contributed by atoms with Gasteiger partial charge in [0.05, 0.1) is 4.92 Å². The van der Waals surface area contributed by atoms with E-state index in [-0.39, 0.29) is 23.0 Å². The molecule has 2 heterocycles. The van der Waals surface area contributed by atoms with E-state index in [1.165, 1.54) is 30.1 Å². The molecule has 0 bridgehead atoms. The zero-order valence-electron chi connectivity index (χ0n) is 9.68. The lowest BCUT2D eigenvalue weighted by Gasteiger charge is -2.04. The Bertz CT molecular complexity index is 651. The number of nitro groups is 1. The first-order valence-electron chi connectivity index (χ1n) is 5.03. The Morgan fingerprint density at radius 1 is 1.58 bits per heavy atom. The van der Waals surface area contributed by atoms with E-state index >= 15 is 0 Å². The van der Waals surface area contributed by atoms with Crippen LogP contribution in [0.5, 0.6) is 11.6 Å². The minimum absolute atomic E-state index is 0.114. The van der Waals surface area contributed by atoms with Gasteiger partial charge in [-0.15, -0.1) is 5.10 Å². The number of nitrogens with zero attached hydrogens (tertiary/aromatic N) is 4. The van der Waals surface area contributed by atoms with Gasteiger partial charge >= 0.3 is 17.5 Å². The maximum atomic E-state index is 10.9. The van der Waals surface area contributed by atoms with E-state index in [1.54, 1.807) is 0 Å². The van der Waals surface area contributed by atoms with Crippen LogP contribution in [0.15, 0.2) is 24.5 Å². The quantitative estimate of drug-likeness (QED) is 0.650. The fourth-order valence-electron chi connectivity index (χ4n) is 1.39. The highest BCUT2D eigenvalue weighted by molar-refractivity contribution is 5.88. The van der Waals surface area contributed by atoms with Crippen molar-refractivity contribution in [2.24, 2.45) is 7.05 Å². The van der Waals surface area contributed by atoms with E-state index in [0.717, 1.165) is 6.20 Å². The van der Waals surface area contributed by atoms with Crippen LogP contribution in [0, 0.1) is 10.1 Å². The van der Waals surface area contributed by atoms with E-state index in [9.17, 15) is 14.9 Å². The van der Waals surface area contributed by atoms with Gasteiger partial charge in [-0.2, -0.15) is 0 Å². The van der Waals surface area contributed by atoms with E-state index in [2.05, 4.69) is 10.1 Å². The maximum Gasteiger partial charge on any atom is 0.358 e. The number of aryl methyl sites for hydroxylation is 1. The van der Waals surface area contributed by atoms with Crippen LogP contribution in [0.25, 0.3) is 0 Å². The zero-order valence-corrected chi connectivity index (χ0v) is 9.68. The molecule has 0 unspecified atom stereocenters. The molecule has 0 aromatic carbocycles. The van der Waals surface area contributed by atoms with Crippen LogP contribution in [-0.4, -0.2) is 30.8 Å². The highest BCUT2D eigenvalue weighted by atomic mass is 16.6. The van der Waals surface area contributed by atoms with E-state index < -0.39 is 10.9 Å². The van der Waals surface area contributed by atoms with Crippen LogP contribution in [0.4, 0.5) is 5.69 Å². The van der Waals surface area contributed by atoms with E-state index in [4.69, 9.17) is 9.84 Å². The highest BCUT2D eigenvalue weighted by Gasteiger charge is 2.23. The molecular formula is C10H8N4O5. The van der Waals surface area contributed by atoms with Crippen molar-refractivity contribution in [3.63, 3.8) is 0 Å². The number of pyridine rings is 1. The summed E-state index contributed by atoms with van der Waals surface area (Å²) < 4.78 is 6.37. The standard InChI is InChI=1S/C10H8N4O5/c1-13-5-6(14(17)18)9(12-13)19-7-3-2-4-11-8(7)10(15)16/h2-5H,1H3,(H,15,16). The average molecular weight is 264 g/mol. The SMILES string of the molecule is Cn1cc([N+](=O)[O-])c(Oc2cccnc2C(=O)O)n1. The number of carbonyl (C=O) groups is 1. The van der Waals surface area contributed by atoms with Gasteiger partial charge < -0.3 is 9.84 Å². The van der Waals surface area contributed by atoms with Crippen LogP contribution in [0.1, 0.15) is 10.5 Å². The summed E-state index contributed by atoms with van der Waals surface area (Å²) in [6, 6.07) is 2.80. The first kappa shape index (κ1) is 12.5. The molecule has 0 aliphatic carbocycles. The van der Waals surface area contributed by atoms with Gasteiger partial charge in [-0.05, 0) is 12.1 Å². The first-order chi connectivity index (χ1) is 8.99. The first-order valence-corrected chi connectivity index (χ1v) is 5.03. The number of carboxylic acid groups (broad SMARTS) is 1. The summed E-state index contributed by atoms with van der Waals surface area (Å²) in [5.74, 6) is -1.70. The Morgan fingerprint density at radius 2 is 2.32 bits per heavy atom. The van der Waals surface area contributed by atoms with Gasteiger partial charge in [0.1, 0.15) is 6.20 Å². The predicted molar refractivity (Wildman–Crippen MR) is 61.1 cm³/mol. The number of hydrogen-bond donors (Lipinski definition) is 1. The topological polar surface area (TPSA) is 120 Å². The summed E-state index contributed by atoms with van der Waals surface area (Å²) in [5, 5.41) is 23.5. The molecule has 0 aliphatic heterocycles. The van der Waals surface area contributed by atoms with Gasteiger partial charge in [0, 0.05) is 13.2 Å². The summed E-state index contributed by atoms with van der Waals surface area (Å²) in [4.78, 5) is 24.7. The minimum Gasteiger partial charge on any atom is -0.476 e. The molecule has 0 amide bonds. The van der Waals surface area contributed by atoms with Crippen molar-refractivity contribution in [2.45, 2.75) is 0 Å².